The van der Waals surface area contributed by atoms with E-state index in [0.717, 1.165) is 0 Å². The van der Waals surface area contributed by atoms with Crippen LogP contribution in [0, 0.1) is 0 Å². The highest BCUT2D eigenvalue weighted by atomic mass is 16.2. The number of carbonyl (C=O) groups is 2. The molecule has 3 rings (SSSR count). The maximum Gasteiger partial charge on any atom is 0.271 e. The van der Waals surface area contributed by atoms with Gasteiger partial charge >= 0.3 is 0 Å². The number of rotatable bonds is 3. The summed E-state index contributed by atoms with van der Waals surface area (Å²) < 4.78 is 1.61. The van der Waals surface area contributed by atoms with Gasteiger partial charge < -0.3 is 15.2 Å². The maximum absolute atomic E-state index is 12.8. The lowest BCUT2D eigenvalue weighted by Crippen LogP contribution is -2.34. The number of carbonyl (C=O) groups excluding carboxylic acids is 2. The molecule has 2 amide bonds. The highest BCUT2D eigenvalue weighted by Gasteiger charge is 2.27. The molecule has 6 nitrogen and oxygen atoms in total. The Morgan fingerprint density at radius 1 is 0.960 bits per heavy atom. The van der Waals surface area contributed by atoms with Gasteiger partial charge in [-0.25, -0.2) is 0 Å². The molecule has 0 fully saturated rings. The molecule has 0 aliphatic heterocycles. The van der Waals surface area contributed by atoms with E-state index >= 15 is 0 Å². The van der Waals surface area contributed by atoms with Crippen LogP contribution >= 0.6 is 0 Å². The van der Waals surface area contributed by atoms with Gasteiger partial charge in [-0.1, -0.05) is 30.3 Å². The number of nitrogens with two attached hydrogens (primary N) is 1. The molecule has 0 radical (unpaired) electrons. The standard InChI is InChI=1S/C19H17N3O3/c1-21(2)19(25)16-15(18(20)24)17(23)13-10-6-7-11-14(13)22(16)12-8-4-3-5-9-12/h3-11H,1-2H3,(H2,20,24). The summed E-state index contributed by atoms with van der Waals surface area (Å²) in [7, 11) is 3.12. The number of pyridine rings is 1. The fraction of sp³-hybridized carbons (Fsp3) is 0.105. The molecule has 0 aliphatic carbocycles. The van der Waals surface area contributed by atoms with Crippen molar-refractivity contribution in [1.82, 2.24) is 9.47 Å². The number of para-hydroxylation sites is 2. The van der Waals surface area contributed by atoms with E-state index in [4.69, 9.17) is 5.73 Å². The number of nitrogens with zero attached hydrogens (tertiary/aromatic N) is 2. The third kappa shape index (κ3) is 2.67. The van der Waals surface area contributed by atoms with Crippen LogP contribution in [0.2, 0.25) is 0 Å². The topological polar surface area (TPSA) is 85.4 Å². The van der Waals surface area contributed by atoms with E-state index in [-0.39, 0.29) is 11.3 Å². The van der Waals surface area contributed by atoms with Gasteiger partial charge in [-0.2, -0.15) is 0 Å². The molecular formula is C19H17N3O3. The lowest BCUT2D eigenvalue weighted by atomic mass is 10.0. The summed E-state index contributed by atoms with van der Waals surface area (Å²) in [6.45, 7) is 0. The van der Waals surface area contributed by atoms with Gasteiger partial charge in [0.2, 0.25) is 5.43 Å². The quantitative estimate of drug-likeness (QED) is 0.792. The Hall–Kier alpha value is -3.41. The maximum atomic E-state index is 12.8. The molecule has 25 heavy (non-hydrogen) atoms. The average Bonchev–Trinajstić information content (AvgIpc) is 2.61. The first-order valence-electron chi connectivity index (χ1n) is 7.68. The lowest BCUT2D eigenvalue weighted by Gasteiger charge is -2.21. The molecule has 2 aromatic carbocycles. The zero-order valence-electron chi connectivity index (χ0n) is 13.9. The van der Waals surface area contributed by atoms with Crippen LogP contribution in [0.5, 0.6) is 0 Å². The van der Waals surface area contributed by atoms with Crippen molar-refractivity contribution in [3.8, 4) is 5.69 Å². The van der Waals surface area contributed by atoms with Gasteiger partial charge in [0.25, 0.3) is 11.8 Å². The van der Waals surface area contributed by atoms with Crippen molar-refractivity contribution in [2.24, 2.45) is 5.73 Å². The van der Waals surface area contributed by atoms with Crippen molar-refractivity contribution in [1.29, 1.82) is 0 Å². The van der Waals surface area contributed by atoms with E-state index in [2.05, 4.69) is 0 Å². The van der Waals surface area contributed by atoms with Crippen LogP contribution in [-0.4, -0.2) is 35.4 Å². The van der Waals surface area contributed by atoms with Crippen molar-refractivity contribution < 1.29 is 9.59 Å². The second-order valence-corrected chi connectivity index (χ2v) is 5.80. The van der Waals surface area contributed by atoms with Crippen molar-refractivity contribution >= 4 is 22.7 Å². The van der Waals surface area contributed by atoms with Gasteiger partial charge in [0.15, 0.2) is 0 Å². The van der Waals surface area contributed by atoms with E-state index in [1.54, 1.807) is 55.1 Å². The number of primary amides is 1. The van der Waals surface area contributed by atoms with Crippen molar-refractivity contribution in [2.45, 2.75) is 0 Å². The third-order valence-electron chi connectivity index (χ3n) is 3.95. The average molecular weight is 335 g/mol. The van der Waals surface area contributed by atoms with Crippen LogP contribution in [0.25, 0.3) is 16.6 Å². The van der Waals surface area contributed by atoms with E-state index in [1.807, 2.05) is 18.2 Å². The molecule has 126 valence electrons. The van der Waals surface area contributed by atoms with Gasteiger partial charge in [-0.15, -0.1) is 0 Å². The number of benzene rings is 2. The Bertz CT molecular complexity index is 1040. The monoisotopic (exact) mass is 335 g/mol. The molecule has 0 saturated heterocycles. The van der Waals surface area contributed by atoms with E-state index in [0.29, 0.717) is 16.6 Å². The SMILES string of the molecule is CN(C)C(=O)c1c(C(N)=O)c(=O)c2ccccc2n1-c1ccccc1. The lowest BCUT2D eigenvalue weighted by molar-refractivity contribution is 0.0812. The minimum absolute atomic E-state index is 0.0348. The largest absolute Gasteiger partial charge is 0.365 e. The minimum Gasteiger partial charge on any atom is -0.365 e. The summed E-state index contributed by atoms with van der Waals surface area (Å²) in [5, 5.41) is 0.329. The second kappa shape index (κ2) is 6.24. The summed E-state index contributed by atoms with van der Waals surface area (Å²) in [5.74, 6) is -1.40. The number of hydrogen-bond acceptors (Lipinski definition) is 3. The summed E-state index contributed by atoms with van der Waals surface area (Å²) in [6.07, 6.45) is 0. The highest BCUT2D eigenvalue weighted by molar-refractivity contribution is 6.08. The molecule has 0 unspecified atom stereocenters. The molecule has 1 aromatic heterocycles. The Balaban J connectivity index is 2.60. The van der Waals surface area contributed by atoms with Crippen LogP contribution in [-0.2, 0) is 0 Å². The third-order valence-corrected chi connectivity index (χ3v) is 3.95. The molecule has 0 spiro atoms. The van der Waals surface area contributed by atoms with Crippen LogP contribution in [0.1, 0.15) is 20.8 Å². The Morgan fingerprint density at radius 2 is 1.56 bits per heavy atom. The first-order chi connectivity index (χ1) is 11.9. The Labute approximate surface area is 144 Å². The summed E-state index contributed by atoms with van der Waals surface area (Å²) in [4.78, 5) is 39.0. The van der Waals surface area contributed by atoms with Crippen molar-refractivity contribution in [2.75, 3.05) is 14.1 Å². The highest BCUT2D eigenvalue weighted by Crippen LogP contribution is 2.22. The zero-order valence-corrected chi connectivity index (χ0v) is 13.9. The predicted octanol–water partition coefficient (Wildman–Crippen LogP) is 1.79. The predicted molar refractivity (Wildman–Crippen MR) is 96.1 cm³/mol. The fourth-order valence-electron chi connectivity index (χ4n) is 2.82. The van der Waals surface area contributed by atoms with Gasteiger partial charge in [0, 0.05) is 25.2 Å². The molecule has 1 heterocycles. The van der Waals surface area contributed by atoms with Crippen LogP contribution < -0.4 is 11.2 Å². The zero-order chi connectivity index (χ0) is 18.1. The van der Waals surface area contributed by atoms with Crippen molar-refractivity contribution in [3.05, 3.63) is 76.1 Å². The first kappa shape index (κ1) is 16.4. The first-order valence-corrected chi connectivity index (χ1v) is 7.68. The molecule has 3 aromatic rings. The molecular weight excluding hydrogens is 318 g/mol. The summed E-state index contributed by atoms with van der Waals surface area (Å²) >= 11 is 0. The molecule has 6 heteroatoms. The smallest absolute Gasteiger partial charge is 0.271 e. The van der Waals surface area contributed by atoms with Crippen LogP contribution in [0.3, 0.4) is 0 Å². The number of hydrogen-bond donors (Lipinski definition) is 1. The van der Waals surface area contributed by atoms with Gasteiger partial charge in [-0.05, 0) is 24.3 Å². The summed E-state index contributed by atoms with van der Waals surface area (Å²) in [6, 6.07) is 15.9. The number of aromatic nitrogens is 1. The number of fused-ring (bicyclic) bond motifs is 1. The minimum atomic E-state index is -0.925. The summed E-state index contributed by atoms with van der Waals surface area (Å²) in [5.41, 5.74) is 5.78. The Kier molecular flexibility index (Phi) is 4.10. The van der Waals surface area contributed by atoms with Gasteiger partial charge in [-0.3, -0.25) is 14.4 Å². The van der Waals surface area contributed by atoms with Gasteiger partial charge in [0.1, 0.15) is 11.3 Å². The van der Waals surface area contributed by atoms with E-state index in [9.17, 15) is 14.4 Å². The normalized spacial score (nSPS) is 10.6. The molecule has 2 N–H and O–H groups in total. The van der Waals surface area contributed by atoms with E-state index < -0.39 is 17.2 Å². The number of amides is 2. The Morgan fingerprint density at radius 3 is 2.16 bits per heavy atom. The molecule has 0 bridgehead atoms. The van der Waals surface area contributed by atoms with Crippen molar-refractivity contribution in [3.63, 3.8) is 0 Å². The fourth-order valence-corrected chi connectivity index (χ4v) is 2.82. The van der Waals surface area contributed by atoms with E-state index in [1.165, 1.54) is 4.90 Å². The molecule has 0 saturated carbocycles. The van der Waals surface area contributed by atoms with Crippen LogP contribution in [0.4, 0.5) is 0 Å². The van der Waals surface area contributed by atoms with Gasteiger partial charge in [0.05, 0.1) is 5.52 Å². The molecule has 0 aliphatic rings. The second-order valence-electron chi connectivity index (χ2n) is 5.80. The molecule has 0 atom stereocenters. The van der Waals surface area contributed by atoms with Crippen LogP contribution in [0.15, 0.2) is 59.4 Å².